The predicted octanol–water partition coefficient (Wildman–Crippen LogP) is 1.97. The first kappa shape index (κ1) is 13.7. The monoisotopic (exact) mass is 280 g/mol. The van der Waals surface area contributed by atoms with E-state index in [0.29, 0.717) is 23.8 Å². The summed E-state index contributed by atoms with van der Waals surface area (Å²) in [6, 6.07) is 1.53. The van der Waals surface area contributed by atoms with Crippen LogP contribution >= 0.6 is 11.6 Å². The lowest BCUT2D eigenvalue weighted by molar-refractivity contribution is 0.592. The molecule has 0 fully saturated rings. The molecule has 0 atom stereocenters. The Morgan fingerprint density at radius 3 is 2.74 bits per heavy atom. The fourth-order valence-electron chi connectivity index (χ4n) is 1.99. The number of aryl methyl sites for hydroxylation is 3. The van der Waals surface area contributed by atoms with Crippen molar-refractivity contribution in [3.05, 3.63) is 44.6 Å². The summed E-state index contributed by atoms with van der Waals surface area (Å²) in [5, 5.41) is 4.94. The van der Waals surface area contributed by atoms with Gasteiger partial charge >= 0.3 is 0 Å². The molecular formula is C13H17ClN4O. The standard InChI is InChI=1S/C13H17ClN4O/c1-4-18-11(13(14)9(3)16-18)7-17-6-10(15)8(2)5-12(17)19/h5-6H,4,7,15H2,1-3H3. The molecule has 2 aromatic rings. The zero-order valence-electron chi connectivity index (χ0n) is 11.3. The second-order valence-corrected chi connectivity index (χ2v) is 4.92. The van der Waals surface area contributed by atoms with Crippen molar-refractivity contribution in [3.8, 4) is 0 Å². The van der Waals surface area contributed by atoms with E-state index in [1.165, 1.54) is 6.07 Å². The first-order chi connectivity index (χ1) is 8.93. The number of pyridine rings is 1. The topological polar surface area (TPSA) is 65.8 Å². The molecule has 0 radical (unpaired) electrons. The van der Waals surface area contributed by atoms with E-state index in [4.69, 9.17) is 17.3 Å². The second-order valence-electron chi connectivity index (χ2n) is 4.54. The quantitative estimate of drug-likeness (QED) is 0.935. The molecule has 0 saturated carbocycles. The zero-order chi connectivity index (χ0) is 14.2. The van der Waals surface area contributed by atoms with Crippen molar-refractivity contribution in [3.63, 3.8) is 0 Å². The highest BCUT2D eigenvalue weighted by Crippen LogP contribution is 2.21. The number of hydrogen-bond donors (Lipinski definition) is 1. The first-order valence-electron chi connectivity index (χ1n) is 6.12. The van der Waals surface area contributed by atoms with Crippen LogP contribution in [-0.4, -0.2) is 14.3 Å². The molecule has 102 valence electrons. The Kier molecular flexibility index (Phi) is 3.66. The van der Waals surface area contributed by atoms with Crippen molar-refractivity contribution < 1.29 is 0 Å². The molecule has 0 bridgehead atoms. The Balaban J connectivity index is 2.47. The van der Waals surface area contributed by atoms with Crippen LogP contribution in [0.15, 0.2) is 17.1 Å². The maximum Gasteiger partial charge on any atom is 0.251 e. The van der Waals surface area contributed by atoms with E-state index in [1.54, 1.807) is 15.4 Å². The minimum Gasteiger partial charge on any atom is -0.397 e. The van der Waals surface area contributed by atoms with Crippen LogP contribution in [0.3, 0.4) is 0 Å². The summed E-state index contributed by atoms with van der Waals surface area (Å²) in [7, 11) is 0. The molecule has 0 aromatic carbocycles. The van der Waals surface area contributed by atoms with Gasteiger partial charge < -0.3 is 10.3 Å². The molecule has 0 saturated heterocycles. The van der Waals surface area contributed by atoms with Gasteiger partial charge in [0.25, 0.3) is 5.56 Å². The van der Waals surface area contributed by atoms with Crippen LogP contribution < -0.4 is 11.3 Å². The number of nitrogens with zero attached hydrogens (tertiary/aromatic N) is 3. The van der Waals surface area contributed by atoms with Crippen LogP contribution in [0.25, 0.3) is 0 Å². The molecule has 2 N–H and O–H groups in total. The van der Waals surface area contributed by atoms with Crippen LogP contribution in [0.5, 0.6) is 0 Å². The molecule has 0 amide bonds. The largest absolute Gasteiger partial charge is 0.397 e. The van der Waals surface area contributed by atoms with Gasteiger partial charge in [0.15, 0.2) is 0 Å². The third-order valence-corrected chi connectivity index (χ3v) is 3.64. The van der Waals surface area contributed by atoms with Gasteiger partial charge in [0, 0.05) is 18.8 Å². The maximum absolute atomic E-state index is 11.9. The molecule has 0 aliphatic heterocycles. The minimum atomic E-state index is -0.0933. The molecular weight excluding hydrogens is 264 g/mol. The number of nitrogen functional groups attached to an aromatic ring is 1. The maximum atomic E-state index is 11.9. The molecule has 0 aliphatic carbocycles. The highest BCUT2D eigenvalue weighted by atomic mass is 35.5. The fourth-order valence-corrected chi connectivity index (χ4v) is 2.18. The van der Waals surface area contributed by atoms with Crippen molar-refractivity contribution >= 4 is 17.3 Å². The van der Waals surface area contributed by atoms with E-state index < -0.39 is 0 Å². The minimum absolute atomic E-state index is 0.0933. The third-order valence-electron chi connectivity index (χ3n) is 3.15. The lowest BCUT2D eigenvalue weighted by Crippen LogP contribution is -2.22. The van der Waals surface area contributed by atoms with Crippen molar-refractivity contribution in [2.45, 2.75) is 33.9 Å². The van der Waals surface area contributed by atoms with Crippen molar-refractivity contribution in [2.75, 3.05) is 5.73 Å². The van der Waals surface area contributed by atoms with Crippen LogP contribution in [0.2, 0.25) is 5.02 Å². The molecule has 2 aromatic heterocycles. The van der Waals surface area contributed by atoms with Gasteiger partial charge in [-0.25, -0.2) is 0 Å². The molecule has 2 rings (SSSR count). The lowest BCUT2D eigenvalue weighted by atomic mass is 10.2. The summed E-state index contributed by atoms with van der Waals surface area (Å²) >= 11 is 6.24. The molecule has 0 spiro atoms. The Morgan fingerprint density at radius 1 is 1.42 bits per heavy atom. The summed E-state index contributed by atoms with van der Waals surface area (Å²) in [5.74, 6) is 0. The van der Waals surface area contributed by atoms with E-state index in [2.05, 4.69) is 5.10 Å². The molecule has 6 heteroatoms. The number of halogens is 1. The zero-order valence-corrected chi connectivity index (χ0v) is 12.0. The summed E-state index contributed by atoms with van der Waals surface area (Å²) < 4.78 is 3.36. The number of aromatic nitrogens is 3. The van der Waals surface area contributed by atoms with Crippen LogP contribution in [0.4, 0.5) is 5.69 Å². The Bertz CT molecular complexity index is 672. The summed E-state index contributed by atoms with van der Waals surface area (Å²) in [4.78, 5) is 11.9. The van der Waals surface area contributed by atoms with Gasteiger partial charge in [-0.3, -0.25) is 9.48 Å². The van der Waals surface area contributed by atoms with E-state index in [-0.39, 0.29) is 5.56 Å². The van der Waals surface area contributed by atoms with E-state index in [1.807, 2.05) is 20.8 Å². The van der Waals surface area contributed by atoms with Crippen molar-refractivity contribution in [1.82, 2.24) is 14.3 Å². The summed E-state index contributed by atoms with van der Waals surface area (Å²) in [6.07, 6.45) is 1.65. The average molecular weight is 281 g/mol. The molecule has 19 heavy (non-hydrogen) atoms. The van der Waals surface area contributed by atoms with E-state index in [9.17, 15) is 4.79 Å². The molecule has 0 unspecified atom stereocenters. The number of anilines is 1. The van der Waals surface area contributed by atoms with Gasteiger partial charge in [0.1, 0.15) is 0 Å². The summed E-state index contributed by atoms with van der Waals surface area (Å²) in [6.45, 7) is 6.73. The highest BCUT2D eigenvalue weighted by molar-refractivity contribution is 6.31. The molecule has 0 aliphatic rings. The Hall–Kier alpha value is -1.75. The van der Waals surface area contributed by atoms with Crippen LogP contribution in [-0.2, 0) is 13.1 Å². The van der Waals surface area contributed by atoms with Gasteiger partial charge in [-0.15, -0.1) is 0 Å². The van der Waals surface area contributed by atoms with Crippen molar-refractivity contribution in [2.24, 2.45) is 0 Å². The van der Waals surface area contributed by atoms with Crippen LogP contribution in [0, 0.1) is 13.8 Å². The van der Waals surface area contributed by atoms with E-state index >= 15 is 0 Å². The van der Waals surface area contributed by atoms with Gasteiger partial charge in [-0.2, -0.15) is 5.10 Å². The number of hydrogen-bond acceptors (Lipinski definition) is 3. The van der Waals surface area contributed by atoms with Crippen LogP contribution in [0.1, 0.15) is 23.9 Å². The second kappa shape index (κ2) is 5.09. The average Bonchev–Trinajstić information content (AvgIpc) is 2.63. The van der Waals surface area contributed by atoms with Gasteiger partial charge in [0.2, 0.25) is 0 Å². The SMILES string of the molecule is CCn1nc(C)c(Cl)c1Cn1cc(N)c(C)cc1=O. The smallest absolute Gasteiger partial charge is 0.251 e. The Morgan fingerprint density at radius 2 is 2.11 bits per heavy atom. The first-order valence-corrected chi connectivity index (χ1v) is 6.50. The highest BCUT2D eigenvalue weighted by Gasteiger charge is 2.13. The Labute approximate surface area is 116 Å². The lowest BCUT2D eigenvalue weighted by Gasteiger charge is -2.10. The van der Waals surface area contributed by atoms with Gasteiger partial charge in [-0.1, -0.05) is 11.6 Å². The fraction of sp³-hybridized carbons (Fsp3) is 0.385. The van der Waals surface area contributed by atoms with Gasteiger partial charge in [-0.05, 0) is 26.3 Å². The normalized spacial score (nSPS) is 10.9. The van der Waals surface area contributed by atoms with E-state index in [0.717, 1.165) is 17.0 Å². The summed E-state index contributed by atoms with van der Waals surface area (Å²) in [5.41, 5.74) is 8.72. The molecule has 2 heterocycles. The van der Waals surface area contributed by atoms with Crippen molar-refractivity contribution in [1.29, 1.82) is 0 Å². The number of nitrogens with two attached hydrogens (primary N) is 1. The number of rotatable bonds is 3. The third kappa shape index (κ3) is 2.51. The van der Waals surface area contributed by atoms with Gasteiger partial charge in [0.05, 0.1) is 28.6 Å². The molecule has 5 nitrogen and oxygen atoms in total. The predicted molar refractivity (Wildman–Crippen MR) is 76.6 cm³/mol.